The number of ether oxygens (including phenoxy) is 1. The molecule has 3 nitrogen and oxygen atoms in total. The molecule has 126 valence electrons. The van der Waals surface area contributed by atoms with E-state index in [1.165, 1.54) is 0 Å². The van der Waals surface area contributed by atoms with Gasteiger partial charge in [0, 0.05) is 11.3 Å². The van der Waals surface area contributed by atoms with Gasteiger partial charge in [0.1, 0.15) is 5.60 Å². The minimum Gasteiger partial charge on any atom is -1.00 e. The normalized spacial score (nSPS) is 19.7. The van der Waals surface area contributed by atoms with Gasteiger partial charge in [0.25, 0.3) is 0 Å². The molecule has 1 saturated heterocycles. The molecular formula is C17H24INO2SSi. The fourth-order valence-corrected chi connectivity index (χ4v) is 4.54. The van der Waals surface area contributed by atoms with E-state index in [0.717, 1.165) is 64.3 Å². The van der Waals surface area contributed by atoms with Crippen molar-refractivity contribution in [2.45, 2.75) is 12.0 Å². The number of benzene rings is 1. The first kappa shape index (κ1) is 19.1. The van der Waals surface area contributed by atoms with Gasteiger partial charge in [-0.2, -0.15) is 0 Å². The fraction of sp³-hybridized carbons (Fsp3) is 0.412. The van der Waals surface area contributed by atoms with Crippen LogP contribution in [-0.2, 0) is 10.3 Å². The summed E-state index contributed by atoms with van der Waals surface area (Å²) in [6.07, 6.45) is 0.765. The smallest absolute Gasteiger partial charge is 0.239 e. The molecule has 1 aromatic carbocycles. The number of thiophene rings is 1. The van der Waals surface area contributed by atoms with Crippen LogP contribution in [0.4, 0.5) is 0 Å². The summed E-state index contributed by atoms with van der Waals surface area (Å²) >= 11 is 1.64. The molecule has 2 heterocycles. The van der Waals surface area contributed by atoms with Crippen molar-refractivity contribution in [3.63, 3.8) is 0 Å². The largest absolute Gasteiger partial charge is 1.00 e. The van der Waals surface area contributed by atoms with Crippen molar-refractivity contribution in [2.75, 3.05) is 32.8 Å². The summed E-state index contributed by atoms with van der Waals surface area (Å²) in [5.74, 6) is 0. The molecule has 0 radical (unpaired) electrons. The summed E-state index contributed by atoms with van der Waals surface area (Å²) in [4.78, 5) is 1.04. The topological polar surface area (TPSA) is 29.5 Å². The van der Waals surface area contributed by atoms with Gasteiger partial charge in [-0.05, 0) is 17.0 Å². The van der Waals surface area contributed by atoms with Crippen molar-refractivity contribution in [3.05, 3.63) is 58.3 Å². The Morgan fingerprint density at radius 1 is 1.13 bits per heavy atom. The highest BCUT2D eigenvalue weighted by Gasteiger charge is 2.36. The first-order chi connectivity index (χ1) is 10.6. The third-order valence-electron chi connectivity index (χ3n) is 4.74. The molecule has 1 aliphatic rings. The van der Waals surface area contributed by atoms with E-state index in [1.807, 2.05) is 41.8 Å². The van der Waals surface area contributed by atoms with E-state index in [2.05, 4.69) is 6.07 Å². The van der Waals surface area contributed by atoms with Crippen LogP contribution < -0.4 is 24.0 Å². The van der Waals surface area contributed by atoms with Crippen molar-refractivity contribution >= 4 is 21.7 Å². The highest BCUT2D eigenvalue weighted by Crippen LogP contribution is 2.36. The summed E-state index contributed by atoms with van der Waals surface area (Å²) in [6.45, 7) is 4.89. The van der Waals surface area contributed by atoms with Gasteiger partial charge >= 0.3 is 0 Å². The van der Waals surface area contributed by atoms with Crippen LogP contribution >= 0.6 is 11.3 Å². The van der Waals surface area contributed by atoms with Gasteiger partial charge in [-0.25, -0.2) is 0 Å². The molecule has 1 aromatic heterocycles. The van der Waals surface area contributed by atoms with Gasteiger partial charge in [-0.3, -0.25) is 0 Å². The number of morpholine rings is 1. The van der Waals surface area contributed by atoms with E-state index < -0.39 is 5.60 Å². The third-order valence-corrected chi connectivity index (χ3v) is 7.11. The zero-order valence-electron chi connectivity index (χ0n) is 13.5. The molecule has 0 bridgehead atoms. The van der Waals surface area contributed by atoms with Gasteiger partial charge in [0.2, 0.25) is 10.4 Å². The van der Waals surface area contributed by atoms with Gasteiger partial charge in [0.15, 0.2) is 0 Å². The quantitative estimate of drug-likeness (QED) is 0.434. The molecular weight excluding hydrogens is 437 g/mol. The lowest BCUT2D eigenvalue weighted by atomic mass is 9.88. The molecule has 1 unspecified atom stereocenters. The van der Waals surface area contributed by atoms with E-state index in [4.69, 9.17) is 4.74 Å². The fourth-order valence-electron chi connectivity index (χ4n) is 3.08. The van der Waals surface area contributed by atoms with E-state index in [-0.39, 0.29) is 24.0 Å². The van der Waals surface area contributed by atoms with E-state index in [0.29, 0.717) is 0 Å². The number of nitrogens with zero attached hydrogens (tertiary/aromatic N) is 1. The Morgan fingerprint density at radius 3 is 2.43 bits per heavy atom. The monoisotopic (exact) mass is 461 g/mol. The molecule has 0 spiro atoms. The second kappa shape index (κ2) is 8.22. The highest BCUT2D eigenvalue weighted by atomic mass is 127. The SMILES string of the molecule is OC(CC[N+]1([SiH3])CCOCC1)(c1ccccc1)c1cccs1.[I-]. The van der Waals surface area contributed by atoms with E-state index >= 15 is 0 Å². The minimum absolute atomic E-state index is 0. The molecule has 0 saturated carbocycles. The molecule has 0 aliphatic carbocycles. The lowest BCUT2D eigenvalue weighted by Gasteiger charge is -2.41. The Balaban J connectivity index is 0.00000192. The average molecular weight is 461 g/mol. The van der Waals surface area contributed by atoms with Crippen molar-refractivity contribution in [1.29, 1.82) is 0 Å². The Kier molecular flexibility index (Phi) is 6.82. The maximum atomic E-state index is 11.5. The number of hydrogen-bond donors (Lipinski definition) is 1. The summed E-state index contributed by atoms with van der Waals surface area (Å²) in [6, 6.07) is 14.2. The Labute approximate surface area is 162 Å². The lowest BCUT2D eigenvalue weighted by molar-refractivity contribution is -0.827. The Bertz CT molecular complexity index is 590. The number of hydrogen-bond acceptors (Lipinski definition) is 3. The molecule has 1 aliphatic heterocycles. The number of quaternary nitrogens is 1. The van der Waals surface area contributed by atoms with Crippen LogP contribution in [0.15, 0.2) is 47.8 Å². The number of halogens is 1. The van der Waals surface area contributed by atoms with Gasteiger partial charge in [0.05, 0.1) is 32.8 Å². The molecule has 23 heavy (non-hydrogen) atoms. The second-order valence-electron chi connectivity index (χ2n) is 6.36. The van der Waals surface area contributed by atoms with Crippen LogP contribution in [0, 0.1) is 0 Å². The zero-order chi connectivity index (χ0) is 15.5. The van der Waals surface area contributed by atoms with Crippen molar-refractivity contribution in [3.8, 4) is 0 Å². The Hall–Kier alpha value is -0.253. The second-order valence-corrected chi connectivity index (χ2v) is 9.20. The summed E-state index contributed by atoms with van der Waals surface area (Å²) in [5, 5.41) is 13.5. The van der Waals surface area contributed by atoms with Crippen LogP contribution in [0.3, 0.4) is 0 Å². The van der Waals surface area contributed by atoms with E-state index in [1.54, 1.807) is 11.3 Å². The molecule has 1 fully saturated rings. The molecule has 3 rings (SSSR count). The molecule has 0 amide bonds. The Morgan fingerprint density at radius 2 is 1.83 bits per heavy atom. The number of aliphatic hydroxyl groups is 1. The summed E-state index contributed by atoms with van der Waals surface area (Å²) in [7, 11) is 1.10. The standard InChI is InChI=1S/C17H24NO2SSi.HI/c19-17(16-7-4-14-21-16,15-5-2-1-3-6-15)8-9-18(22)10-12-20-13-11-18;/h1-7,14,19H,8-13H2,22H3;1H/q+1;/p-1. The van der Waals surface area contributed by atoms with Crippen LogP contribution in [0.1, 0.15) is 16.9 Å². The van der Waals surface area contributed by atoms with Crippen molar-refractivity contribution in [2.24, 2.45) is 0 Å². The molecule has 1 atom stereocenters. The highest BCUT2D eigenvalue weighted by molar-refractivity contribution is 7.10. The predicted octanol–water partition coefficient (Wildman–Crippen LogP) is -1.49. The minimum atomic E-state index is -0.872. The van der Waals surface area contributed by atoms with Gasteiger partial charge in [-0.15, -0.1) is 11.3 Å². The predicted molar refractivity (Wildman–Crippen MR) is 94.0 cm³/mol. The average Bonchev–Trinajstić information content (AvgIpc) is 3.09. The van der Waals surface area contributed by atoms with E-state index in [9.17, 15) is 5.11 Å². The lowest BCUT2D eigenvalue weighted by Crippen LogP contribution is -3.00. The van der Waals surface area contributed by atoms with Crippen LogP contribution in [0.5, 0.6) is 0 Å². The van der Waals surface area contributed by atoms with Crippen molar-refractivity contribution in [1.82, 2.24) is 0 Å². The molecule has 6 heteroatoms. The van der Waals surface area contributed by atoms with Gasteiger partial charge < -0.3 is 38.0 Å². The maximum Gasteiger partial charge on any atom is 0.239 e. The molecule has 1 N–H and O–H groups in total. The van der Waals surface area contributed by atoms with Crippen LogP contribution in [0.2, 0.25) is 0 Å². The van der Waals surface area contributed by atoms with Gasteiger partial charge in [-0.1, -0.05) is 36.4 Å². The third kappa shape index (κ3) is 4.43. The van der Waals surface area contributed by atoms with Crippen LogP contribution in [-0.4, -0.2) is 52.5 Å². The molecule has 2 aromatic rings. The first-order valence-electron chi connectivity index (χ1n) is 7.86. The summed E-state index contributed by atoms with van der Waals surface area (Å²) in [5.41, 5.74) is 0.127. The first-order valence-corrected chi connectivity index (χ1v) is 9.63. The zero-order valence-corrected chi connectivity index (χ0v) is 18.4. The van der Waals surface area contributed by atoms with Crippen LogP contribution in [0.25, 0.3) is 0 Å². The van der Waals surface area contributed by atoms with Crippen molar-refractivity contribution < 1.29 is 38.0 Å². The summed E-state index contributed by atoms with van der Waals surface area (Å²) < 4.78 is 6.61. The number of rotatable bonds is 5. The maximum absolute atomic E-state index is 11.5.